The lowest BCUT2D eigenvalue weighted by atomic mass is 9.88. The largest absolute Gasteiger partial charge is 0.508 e. The number of ether oxygens (including phenoxy) is 1. The SMILES string of the molecule is NC(c1cccc(O)c1)C1CCOCC1. The molecule has 1 atom stereocenters. The van der Waals surface area contributed by atoms with E-state index in [1.165, 1.54) is 0 Å². The van der Waals surface area contributed by atoms with E-state index >= 15 is 0 Å². The first kappa shape index (κ1) is 10.5. The van der Waals surface area contributed by atoms with Gasteiger partial charge in [-0.05, 0) is 36.5 Å². The molecule has 1 aromatic rings. The molecule has 1 saturated heterocycles. The molecule has 0 spiro atoms. The van der Waals surface area contributed by atoms with Crippen molar-refractivity contribution in [2.75, 3.05) is 13.2 Å². The molecule has 3 N–H and O–H groups in total. The minimum atomic E-state index is 0.0148. The average Bonchev–Trinajstić information content (AvgIpc) is 2.29. The van der Waals surface area contributed by atoms with Crippen LogP contribution in [0.4, 0.5) is 0 Å². The minimum absolute atomic E-state index is 0.0148. The van der Waals surface area contributed by atoms with Crippen molar-refractivity contribution in [2.24, 2.45) is 11.7 Å². The quantitative estimate of drug-likeness (QED) is 0.777. The van der Waals surface area contributed by atoms with Gasteiger partial charge in [-0.1, -0.05) is 12.1 Å². The highest BCUT2D eigenvalue weighted by Crippen LogP contribution is 2.29. The number of hydrogen-bond donors (Lipinski definition) is 2. The Morgan fingerprint density at radius 2 is 2.07 bits per heavy atom. The van der Waals surface area contributed by atoms with Gasteiger partial charge in [0, 0.05) is 19.3 Å². The molecule has 1 aliphatic rings. The molecule has 0 radical (unpaired) electrons. The third kappa shape index (κ3) is 2.49. The van der Waals surface area contributed by atoms with Crippen LogP contribution in [0.25, 0.3) is 0 Å². The van der Waals surface area contributed by atoms with Gasteiger partial charge >= 0.3 is 0 Å². The summed E-state index contributed by atoms with van der Waals surface area (Å²) in [5, 5.41) is 9.38. The summed E-state index contributed by atoms with van der Waals surface area (Å²) in [5.74, 6) is 0.760. The third-order valence-corrected chi connectivity index (χ3v) is 3.03. The normalized spacial score (nSPS) is 20.1. The molecule has 1 aromatic carbocycles. The van der Waals surface area contributed by atoms with Crippen molar-refractivity contribution in [3.05, 3.63) is 29.8 Å². The van der Waals surface area contributed by atoms with Crippen LogP contribution >= 0.6 is 0 Å². The summed E-state index contributed by atoms with van der Waals surface area (Å²) < 4.78 is 5.30. The number of benzene rings is 1. The van der Waals surface area contributed by atoms with Gasteiger partial charge < -0.3 is 15.6 Å². The molecule has 82 valence electrons. The van der Waals surface area contributed by atoms with Crippen LogP contribution in [0.15, 0.2) is 24.3 Å². The standard InChI is InChI=1S/C12H17NO2/c13-12(9-4-6-15-7-5-9)10-2-1-3-11(14)8-10/h1-3,8-9,12,14H,4-7,13H2. The molecule has 0 saturated carbocycles. The molecule has 1 heterocycles. The van der Waals surface area contributed by atoms with Gasteiger partial charge in [0.1, 0.15) is 5.75 Å². The fraction of sp³-hybridized carbons (Fsp3) is 0.500. The second-order valence-corrected chi connectivity index (χ2v) is 4.07. The van der Waals surface area contributed by atoms with E-state index in [9.17, 15) is 5.11 Å². The van der Waals surface area contributed by atoms with Crippen molar-refractivity contribution in [1.82, 2.24) is 0 Å². The number of nitrogens with two attached hydrogens (primary N) is 1. The van der Waals surface area contributed by atoms with E-state index in [4.69, 9.17) is 10.5 Å². The Kier molecular flexibility index (Phi) is 3.23. The fourth-order valence-corrected chi connectivity index (χ4v) is 2.08. The van der Waals surface area contributed by atoms with E-state index in [2.05, 4.69) is 0 Å². The van der Waals surface area contributed by atoms with E-state index < -0.39 is 0 Å². The number of phenols is 1. The lowest BCUT2D eigenvalue weighted by molar-refractivity contribution is 0.0583. The molecule has 0 bridgehead atoms. The highest BCUT2D eigenvalue weighted by Gasteiger charge is 2.22. The van der Waals surface area contributed by atoms with Crippen LogP contribution in [0.3, 0.4) is 0 Å². The van der Waals surface area contributed by atoms with E-state index in [0.29, 0.717) is 5.92 Å². The van der Waals surface area contributed by atoms with Crippen LogP contribution in [0.1, 0.15) is 24.4 Å². The topological polar surface area (TPSA) is 55.5 Å². The zero-order chi connectivity index (χ0) is 10.7. The Labute approximate surface area is 89.9 Å². The zero-order valence-electron chi connectivity index (χ0n) is 8.73. The smallest absolute Gasteiger partial charge is 0.115 e. The Hall–Kier alpha value is -1.06. The summed E-state index contributed by atoms with van der Waals surface area (Å²) >= 11 is 0. The van der Waals surface area contributed by atoms with Gasteiger partial charge in [-0.15, -0.1) is 0 Å². The summed E-state index contributed by atoms with van der Waals surface area (Å²) in [6.07, 6.45) is 2.02. The van der Waals surface area contributed by atoms with Crippen molar-refractivity contribution in [1.29, 1.82) is 0 Å². The Bertz CT molecular complexity index is 321. The maximum absolute atomic E-state index is 9.38. The Morgan fingerprint density at radius 3 is 2.73 bits per heavy atom. The van der Waals surface area contributed by atoms with Crippen LogP contribution in [-0.2, 0) is 4.74 Å². The van der Waals surface area contributed by atoms with Gasteiger partial charge in [0.2, 0.25) is 0 Å². The van der Waals surface area contributed by atoms with Crippen molar-refractivity contribution >= 4 is 0 Å². The summed E-state index contributed by atoms with van der Waals surface area (Å²) in [6.45, 7) is 1.61. The molecule has 2 rings (SSSR count). The molecular weight excluding hydrogens is 190 g/mol. The van der Waals surface area contributed by atoms with Crippen LogP contribution < -0.4 is 5.73 Å². The van der Waals surface area contributed by atoms with Gasteiger partial charge in [0.05, 0.1) is 0 Å². The monoisotopic (exact) mass is 207 g/mol. The van der Waals surface area contributed by atoms with Gasteiger partial charge in [0.25, 0.3) is 0 Å². The Morgan fingerprint density at radius 1 is 1.33 bits per heavy atom. The molecule has 3 nitrogen and oxygen atoms in total. The maximum atomic E-state index is 9.38. The average molecular weight is 207 g/mol. The van der Waals surface area contributed by atoms with E-state index in [1.54, 1.807) is 12.1 Å². The summed E-state index contributed by atoms with van der Waals surface area (Å²) in [4.78, 5) is 0. The first-order chi connectivity index (χ1) is 7.27. The van der Waals surface area contributed by atoms with Crippen LogP contribution in [0.5, 0.6) is 5.75 Å². The number of hydrogen-bond acceptors (Lipinski definition) is 3. The summed E-state index contributed by atoms with van der Waals surface area (Å²) in [7, 11) is 0. The lowest BCUT2D eigenvalue weighted by Crippen LogP contribution is -2.27. The van der Waals surface area contributed by atoms with Gasteiger partial charge in [-0.3, -0.25) is 0 Å². The molecule has 15 heavy (non-hydrogen) atoms. The molecule has 0 aromatic heterocycles. The van der Waals surface area contributed by atoms with Gasteiger partial charge in [0.15, 0.2) is 0 Å². The number of aromatic hydroxyl groups is 1. The van der Waals surface area contributed by atoms with E-state index in [0.717, 1.165) is 31.6 Å². The molecule has 1 unspecified atom stereocenters. The van der Waals surface area contributed by atoms with Crippen molar-refractivity contribution in [3.8, 4) is 5.75 Å². The summed E-state index contributed by atoms with van der Waals surface area (Å²) in [6, 6.07) is 7.24. The van der Waals surface area contributed by atoms with E-state index in [-0.39, 0.29) is 11.8 Å². The number of rotatable bonds is 2. The van der Waals surface area contributed by atoms with Crippen molar-refractivity contribution < 1.29 is 9.84 Å². The number of phenolic OH excluding ortho intramolecular Hbond substituents is 1. The molecule has 1 aliphatic heterocycles. The fourth-order valence-electron chi connectivity index (χ4n) is 2.08. The molecular formula is C12H17NO2. The minimum Gasteiger partial charge on any atom is -0.508 e. The highest BCUT2D eigenvalue weighted by molar-refractivity contribution is 5.29. The molecule has 0 amide bonds. The predicted octanol–water partition coefficient (Wildman–Crippen LogP) is 1.82. The van der Waals surface area contributed by atoms with Crippen LogP contribution in [-0.4, -0.2) is 18.3 Å². The van der Waals surface area contributed by atoms with Gasteiger partial charge in [-0.25, -0.2) is 0 Å². The first-order valence-electron chi connectivity index (χ1n) is 5.39. The predicted molar refractivity (Wildman–Crippen MR) is 58.6 cm³/mol. The second-order valence-electron chi connectivity index (χ2n) is 4.07. The second kappa shape index (κ2) is 4.64. The highest BCUT2D eigenvalue weighted by atomic mass is 16.5. The maximum Gasteiger partial charge on any atom is 0.115 e. The molecule has 3 heteroatoms. The van der Waals surface area contributed by atoms with Crippen molar-refractivity contribution in [2.45, 2.75) is 18.9 Å². The van der Waals surface area contributed by atoms with Crippen LogP contribution in [0.2, 0.25) is 0 Å². The van der Waals surface area contributed by atoms with Crippen molar-refractivity contribution in [3.63, 3.8) is 0 Å². The molecule has 0 aliphatic carbocycles. The van der Waals surface area contributed by atoms with Crippen LogP contribution in [0, 0.1) is 5.92 Å². The third-order valence-electron chi connectivity index (χ3n) is 3.03. The zero-order valence-corrected chi connectivity index (χ0v) is 8.73. The Balaban J connectivity index is 2.08. The first-order valence-corrected chi connectivity index (χ1v) is 5.39. The lowest BCUT2D eigenvalue weighted by Gasteiger charge is -2.27. The van der Waals surface area contributed by atoms with Gasteiger partial charge in [-0.2, -0.15) is 0 Å². The van der Waals surface area contributed by atoms with E-state index in [1.807, 2.05) is 12.1 Å². The molecule has 1 fully saturated rings. The summed E-state index contributed by atoms with van der Waals surface area (Å²) in [5.41, 5.74) is 7.19.